The Hall–Kier alpha value is -1.84. The van der Waals surface area contributed by atoms with E-state index in [1.807, 2.05) is 23.1 Å². The third kappa shape index (κ3) is 3.12. The van der Waals surface area contributed by atoms with Gasteiger partial charge in [-0.25, -0.2) is 0 Å². The van der Waals surface area contributed by atoms with Gasteiger partial charge in [-0.3, -0.25) is 9.59 Å². The molecule has 0 aromatic heterocycles. The van der Waals surface area contributed by atoms with Crippen LogP contribution in [-0.4, -0.2) is 35.8 Å². The number of carbonyl (C=O) groups is 2. The molecule has 0 aliphatic carbocycles. The lowest BCUT2D eigenvalue weighted by Crippen LogP contribution is -2.45. The minimum atomic E-state index is -0.190. The summed E-state index contributed by atoms with van der Waals surface area (Å²) in [6.45, 7) is 7.60. The van der Waals surface area contributed by atoms with E-state index in [9.17, 15) is 9.59 Å². The maximum Gasteiger partial charge on any atom is 0.228 e. The van der Waals surface area contributed by atoms with Crippen molar-refractivity contribution in [3.05, 3.63) is 29.3 Å². The van der Waals surface area contributed by atoms with Gasteiger partial charge < -0.3 is 9.80 Å². The Balaban J connectivity index is 1.74. The van der Waals surface area contributed by atoms with Crippen LogP contribution in [0.2, 0.25) is 0 Å². The molecule has 0 unspecified atom stereocenters. The molecular formula is C19H26N2O2. The van der Waals surface area contributed by atoms with Crippen molar-refractivity contribution in [2.75, 3.05) is 18.0 Å². The number of anilines is 1. The summed E-state index contributed by atoms with van der Waals surface area (Å²) in [5.74, 6) is 0.0396. The Kier molecular flexibility index (Phi) is 4.42. The van der Waals surface area contributed by atoms with Gasteiger partial charge in [-0.05, 0) is 63.3 Å². The molecule has 0 saturated carbocycles. The lowest BCUT2D eigenvalue weighted by atomic mass is 9.99. The van der Waals surface area contributed by atoms with Crippen molar-refractivity contribution < 1.29 is 9.59 Å². The van der Waals surface area contributed by atoms with E-state index < -0.39 is 0 Å². The van der Waals surface area contributed by atoms with Crippen LogP contribution >= 0.6 is 0 Å². The van der Waals surface area contributed by atoms with Crippen LogP contribution in [0.4, 0.5) is 5.69 Å². The van der Waals surface area contributed by atoms with Gasteiger partial charge in [-0.2, -0.15) is 0 Å². The average molecular weight is 314 g/mol. The Morgan fingerprint density at radius 1 is 1.17 bits per heavy atom. The second-order valence-electron chi connectivity index (χ2n) is 7.05. The summed E-state index contributed by atoms with van der Waals surface area (Å²) in [6, 6.07) is 6.38. The Labute approximate surface area is 138 Å². The van der Waals surface area contributed by atoms with Gasteiger partial charge in [-0.15, -0.1) is 0 Å². The number of benzene rings is 1. The van der Waals surface area contributed by atoms with Crippen molar-refractivity contribution in [3.8, 4) is 0 Å². The Morgan fingerprint density at radius 2 is 1.96 bits per heavy atom. The molecule has 124 valence electrons. The number of piperidine rings is 1. The highest BCUT2D eigenvalue weighted by Gasteiger charge is 2.38. The second kappa shape index (κ2) is 6.34. The normalized spacial score (nSPS) is 25.1. The van der Waals surface area contributed by atoms with Gasteiger partial charge in [0.1, 0.15) is 0 Å². The summed E-state index contributed by atoms with van der Waals surface area (Å²) in [7, 11) is 0. The second-order valence-corrected chi connectivity index (χ2v) is 7.05. The predicted molar refractivity (Wildman–Crippen MR) is 91.4 cm³/mol. The first-order valence-electron chi connectivity index (χ1n) is 8.65. The number of nitrogens with zero attached hydrogens (tertiary/aromatic N) is 2. The van der Waals surface area contributed by atoms with E-state index in [1.54, 1.807) is 4.90 Å². The molecule has 4 nitrogen and oxygen atoms in total. The van der Waals surface area contributed by atoms with Crippen LogP contribution in [0.1, 0.15) is 43.7 Å². The minimum Gasteiger partial charge on any atom is -0.340 e. The quantitative estimate of drug-likeness (QED) is 0.842. The number of likely N-dealkylation sites (tertiary alicyclic amines) is 1. The first-order valence-corrected chi connectivity index (χ1v) is 8.65. The average Bonchev–Trinajstić information content (AvgIpc) is 2.92. The molecule has 2 aliphatic heterocycles. The first-order chi connectivity index (χ1) is 11.0. The molecule has 0 spiro atoms. The highest BCUT2D eigenvalue weighted by molar-refractivity contribution is 6.00. The van der Waals surface area contributed by atoms with Crippen molar-refractivity contribution in [1.82, 2.24) is 4.90 Å². The predicted octanol–water partition coefficient (Wildman–Crippen LogP) is 3.06. The summed E-state index contributed by atoms with van der Waals surface area (Å²) >= 11 is 0. The number of hydrogen-bond acceptors (Lipinski definition) is 2. The minimum absolute atomic E-state index is 0.0660. The van der Waals surface area contributed by atoms with E-state index in [0.717, 1.165) is 25.1 Å². The van der Waals surface area contributed by atoms with Crippen molar-refractivity contribution in [2.45, 2.75) is 52.5 Å². The van der Waals surface area contributed by atoms with Gasteiger partial charge in [0.2, 0.25) is 11.8 Å². The van der Waals surface area contributed by atoms with Crippen molar-refractivity contribution in [1.29, 1.82) is 0 Å². The number of rotatable bonds is 2. The molecule has 4 heteroatoms. The summed E-state index contributed by atoms with van der Waals surface area (Å²) < 4.78 is 0. The van der Waals surface area contributed by atoms with E-state index in [0.29, 0.717) is 19.0 Å². The van der Waals surface area contributed by atoms with Gasteiger partial charge in [0, 0.05) is 31.2 Å². The van der Waals surface area contributed by atoms with Crippen LogP contribution in [0, 0.1) is 19.8 Å². The van der Waals surface area contributed by atoms with E-state index in [-0.39, 0.29) is 17.7 Å². The molecule has 2 amide bonds. The van der Waals surface area contributed by atoms with Gasteiger partial charge >= 0.3 is 0 Å². The van der Waals surface area contributed by atoms with E-state index >= 15 is 0 Å². The summed E-state index contributed by atoms with van der Waals surface area (Å²) in [4.78, 5) is 29.0. The smallest absolute Gasteiger partial charge is 0.228 e. The molecule has 23 heavy (non-hydrogen) atoms. The summed E-state index contributed by atoms with van der Waals surface area (Å²) in [5.41, 5.74) is 3.31. The van der Waals surface area contributed by atoms with Crippen molar-refractivity contribution in [3.63, 3.8) is 0 Å². The molecule has 2 atom stereocenters. The molecular weight excluding hydrogens is 288 g/mol. The monoisotopic (exact) mass is 314 g/mol. The molecule has 2 heterocycles. The van der Waals surface area contributed by atoms with Gasteiger partial charge in [0.25, 0.3) is 0 Å². The third-order valence-electron chi connectivity index (χ3n) is 5.36. The number of hydrogen-bond donors (Lipinski definition) is 0. The fourth-order valence-electron chi connectivity index (χ4n) is 3.68. The van der Waals surface area contributed by atoms with Crippen molar-refractivity contribution in [2.24, 2.45) is 5.92 Å². The van der Waals surface area contributed by atoms with Gasteiger partial charge in [-0.1, -0.05) is 6.07 Å². The Bertz CT molecular complexity index is 626. The number of carbonyl (C=O) groups excluding carboxylic acids is 2. The maximum absolute atomic E-state index is 12.8. The first kappa shape index (κ1) is 16.0. The summed E-state index contributed by atoms with van der Waals surface area (Å²) in [6.07, 6.45) is 3.70. The van der Waals surface area contributed by atoms with Crippen LogP contribution in [0.15, 0.2) is 18.2 Å². The molecule has 1 aromatic rings. The topological polar surface area (TPSA) is 40.6 Å². The van der Waals surface area contributed by atoms with Gasteiger partial charge in [0.05, 0.1) is 5.92 Å². The molecule has 1 aromatic carbocycles. The SMILES string of the molecule is Cc1ccc(N2C[C@@H](C(=O)N3CCCC[C@H]3C)CC2=O)cc1C. The lowest BCUT2D eigenvalue weighted by Gasteiger charge is -2.35. The van der Waals surface area contributed by atoms with Crippen LogP contribution in [0.3, 0.4) is 0 Å². The molecule has 2 aliphatic rings. The van der Waals surface area contributed by atoms with E-state index in [1.165, 1.54) is 17.5 Å². The fraction of sp³-hybridized carbons (Fsp3) is 0.579. The van der Waals surface area contributed by atoms with E-state index in [2.05, 4.69) is 20.8 Å². The van der Waals surface area contributed by atoms with Crippen LogP contribution in [0.5, 0.6) is 0 Å². The molecule has 2 saturated heterocycles. The van der Waals surface area contributed by atoms with Crippen LogP contribution in [0.25, 0.3) is 0 Å². The Morgan fingerprint density at radius 3 is 2.65 bits per heavy atom. The third-order valence-corrected chi connectivity index (χ3v) is 5.36. The fourth-order valence-corrected chi connectivity index (χ4v) is 3.68. The molecule has 2 fully saturated rings. The largest absolute Gasteiger partial charge is 0.340 e. The number of amides is 2. The molecule has 0 radical (unpaired) electrons. The molecule has 0 bridgehead atoms. The van der Waals surface area contributed by atoms with Gasteiger partial charge in [0.15, 0.2) is 0 Å². The van der Waals surface area contributed by atoms with E-state index in [4.69, 9.17) is 0 Å². The lowest BCUT2D eigenvalue weighted by molar-refractivity contribution is -0.139. The van der Waals surface area contributed by atoms with Crippen LogP contribution < -0.4 is 4.90 Å². The number of aryl methyl sites for hydroxylation is 2. The van der Waals surface area contributed by atoms with Crippen LogP contribution in [-0.2, 0) is 9.59 Å². The molecule has 3 rings (SSSR count). The molecule has 0 N–H and O–H groups in total. The zero-order chi connectivity index (χ0) is 16.6. The standard InChI is InChI=1S/C19H26N2O2/c1-13-7-8-17(10-14(13)2)21-12-16(11-18(21)22)19(23)20-9-5-4-6-15(20)3/h7-8,10,15-16H,4-6,9,11-12H2,1-3H3/t15-,16+/m1/s1. The summed E-state index contributed by atoms with van der Waals surface area (Å²) in [5, 5.41) is 0. The zero-order valence-corrected chi connectivity index (χ0v) is 14.3. The highest BCUT2D eigenvalue weighted by Crippen LogP contribution is 2.29. The zero-order valence-electron chi connectivity index (χ0n) is 14.3. The van der Waals surface area contributed by atoms with Crippen molar-refractivity contribution >= 4 is 17.5 Å². The maximum atomic E-state index is 12.8. The highest BCUT2D eigenvalue weighted by atomic mass is 16.2.